The molecule has 1 atom stereocenters. The van der Waals surface area contributed by atoms with E-state index in [9.17, 15) is 9.59 Å². The van der Waals surface area contributed by atoms with Crippen molar-refractivity contribution in [3.8, 4) is 0 Å². The number of nitrogens with one attached hydrogen (secondary N) is 1. The molecule has 104 valence electrons. The molecule has 2 amide bonds. The number of carbonyl (C=O) groups excluding carboxylic acids is 2. The van der Waals surface area contributed by atoms with Crippen LogP contribution in [-0.2, 0) is 0 Å². The minimum absolute atomic E-state index is 0.00976. The molecule has 0 fully saturated rings. The summed E-state index contributed by atoms with van der Waals surface area (Å²) in [6.07, 6.45) is 0. The van der Waals surface area contributed by atoms with Crippen molar-refractivity contribution in [2.75, 3.05) is 27.2 Å². The molecule has 1 unspecified atom stereocenters. The van der Waals surface area contributed by atoms with Crippen molar-refractivity contribution >= 4 is 11.8 Å². The molecular weight excluding hydrogens is 244 g/mol. The SMILES string of the molecule is CC(CO)CNC(=O)c1cccc(C(=O)N(C)C)c1. The molecule has 0 aliphatic rings. The summed E-state index contributed by atoms with van der Waals surface area (Å²) in [4.78, 5) is 25.1. The molecule has 1 aromatic carbocycles. The molecule has 0 aromatic heterocycles. The fourth-order valence-corrected chi connectivity index (χ4v) is 1.49. The van der Waals surface area contributed by atoms with Crippen LogP contribution in [0.1, 0.15) is 27.6 Å². The summed E-state index contributed by atoms with van der Waals surface area (Å²) in [5, 5.41) is 11.6. The lowest BCUT2D eigenvalue weighted by Crippen LogP contribution is -2.30. The Bertz CT molecular complexity index is 458. The first-order chi connectivity index (χ1) is 8.95. The standard InChI is InChI=1S/C14H20N2O3/c1-10(9-17)8-15-13(18)11-5-4-6-12(7-11)14(19)16(2)3/h4-7,10,17H,8-9H2,1-3H3,(H,15,18). The number of carbonyl (C=O) groups is 2. The minimum Gasteiger partial charge on any atom is -0.396 e. The summed E-state index contributed by atoms with van der Waals surface area (Å²) in [7, 11) is 3.33. The number of hydrogen-bond donors (Lipinski definition) is 2. The fourth-order valence-electron chi connectivity index (χ4n) is 1.49. The molecule has 1 aromatic rings. The van der Waals surface area contributed by atoms with Gasteiger partial charge in [-0.3, -0.25) is 9.59 Å². The summed E-state index contributed by atoms with van der Waals surface area (Å²) >= 11 is 0. The fraction of sp³-hybridized carbons (Fsp3) is 0.429. The number of rotatable bonds is 5. The molecule has 5 heteroatoms. The molecule has 5 nitrogen and oxygen atoms in total. The molecule has 0 bridgehead atoms. The predicted octanol–water partition coefficient (Wildman–Crippen LogP) is 0.747. The Morgan fingerprint density at radius 2 is 1.95 bits per heavy atom. The van der Waals surface area contributed by atoms with E-state index in [1.165, 1.54) is 4.90 Å². The molecule has 2 N–H and O–H groups in total. The highest BCUT2D eigenvalue weighted by molar-refractivity contribution is 5.99. The van der Waals surface area contributed by atoms with Crippen molar-refractivity contribution in [2.45, 2.75) is 6.92 Å². The van der Waals surface area contributed by atoms with E-state index >= 15 is 0 Å². The highest BCUT2D eigenvalue weighted by atomic mass is 16.3. The van der Waals surface area contributed by atoms with Crippen molar-refractivity contribution < 1.29 is 14.7 Å². The van der Waals surface area contributed by atoms with Gasteiger partial charge in [-0.1, -0.05) is 13.0 Å². The van der Waals surface area contributed by atoms with Gasteiger partial charge in [-0.25, -0.2) is 0 Å². The van der Waals surface area contributed by atoms with Crippen LogP contribution in [0.2, 0.25) is 0 Å². The molecule has 1 rings (SSSR count). The minimum atomic E-state index is -0.242. The summed E-state index contributed by atoms with van der Waals surface area (Å²) in [5.41, 5.74) is 0.922. The topological polar surface area (TPSA) is 69.6 Å². The summed E-state index contributed by atoms with van der Waals surface area (Å²) < 4.78 is 0. The lowest BCUT2D eigenvalue weighted by molar-refractivity contribution is 0.0827. The average molecular weight is 264 g/mol. The van der Waals surface area contributed by atoms with Gasteiger partial charge < -0.3 is 15.3 Å². The van der Waals surface area contributed by atoms with Gasteiger partial charge in [0, 0.05) is 38.4 Å². The molecule has 0 saturated heterocycles. The number of nitrogens with zero attached hydrogens (tertiary/aromatic N) is 1. The lowest BCUT2D eigenvalue weighted by atomic mass is 10.1. The van der Waals surface area contributed by atoms with Gasteiger partial charge in [0.05, 0.1) is 0 Å². The zero-order valence-corrected chi connectivity index (χ0v) is 11.5. The van der Waals surface area contributed by atoms with Crippen LogP contribution in [0.4, 0.5) is 0 Å². The number of amides is 2. The second-order valence-corrected chi connectivity index (χ2v) is 4.78. The maximum Gasteiger partial charge on any atom is 0.253 e. The van der Waals surface area contributed by atoms with E-state index in [0.717, 1.165) is 0 Å². The Morgan fingerprint density at radius 3 is 2.53 bits per heavy atom. The normalized spacial score (nSPS) is 11.8. The Labute approximate surface area is 113 Å². The number of benzene rings is 1. The van der Waals surface area contributed by atoms with Gasteiger partial charge >= 0.3 is 0 Å². The zero-order valence-electron chi connectivity index (χ0n) is 11.5. The first-order valence-electron chi connectivity index (χ1n) is 6.16. The number of aliphatic hydroxyl groups is 1. The van der Waals surface area contributed by atoms with Gasteiger partial charge in [-0.15, -0.1) is 0 Å². The van der Waals surface area contributed by atoms with Crippen LogP contribution in [0.3, 0.4) is 0 Å². The first-order valence-corrected chi connectivity index (χ1v) is 6.16. The van der Waals surface area contributed by atoms with Crippen LogP contribution >= 0.6 is 0 Å². The van der Waals surface area contributed by atoms with Crippen molar-refractivity contribution in [2.24, 2.45) is 5.92 Å². The number of aliphatic hydroxyl groups excluding tert-OH is 1. The van der Waals surface area contributed by atoms with Crippen molar-refractivity contribution in [3.05, 3.63) is 35.4 Å². The van der Waals surface area contributed by atoms with Crippen LogP contribution < -0.4 is 5.32 Å². The Balaban J connectivity index is 2.76. The van der Waals surface area contributed by atoms with Gasteiger partial charge in [0.2, 0.25) is 0 Å². The second-order valence-electron chi connectivity index (χ2n) is 4.78. The third-order valence-corrected chi connectivity index (χ3v) is 2.70. The van der Waals surface area contributed by atoms with E-state index in [2.05, 4.69) is 5.32 Å². The Kier molecular flexibility index (Phi) is 5.51. The van der Waals surface area contributed by atoms with Gasteiger partial charge in [0.15, 0.2) is 0 Å². The van der Waals surface area contributed by atoms with Crippen LogP contribution in [0.5, 0.6) is 0 Å². The highest BCUT2D eigenvalue weighted by Gasteiger charge is 2.12. The first kappa shape index (κ1) is 15.2. The van der Waals surface area contributed by atoms with Gasteiger partial charge in [0.25, 0.3) is 11.8 Å². The molecule has 0 radical (unpaired) electrons. The van der Waals surface area contributed by atoms with Crippen molar-refractivity contribution in [3.63, 3.8) is 0 Å². The van der Waals surface area contributed by atoms with Gasteiger partial charge in [-0.2, -0.15) is 0 Å². The molecule has 19 heavy (non-hydrogen) atoms. The summed E-state index contributed by atoms with van der Waals surface area (Å²) in [6.45, 7) is 2.27. The molecule has 0 saturated carbocycles. The van der Waals surface area contributed by atoms with Crippen molar-refractivity contribution in [1.29, 1.82) is 0 Å². The predicted molar refractivity (Wildman–Crippen MR) is 73.0 cm³/mol. The van der Waals surface area contributed by atoms with Crippen LogP contribution in [0, 0.1) is 5.92 Å². The third kappa shape index (κ3) is 4.37. The monoisotopic (exact) mass is 264 g/mol. The average Bonchev–Trinajstić information content (AvgIpc) is 2.43. The Morgan fingerprint density at radius 1 is 1.32 bits per heavy atom. The zero-order chi connectivity index (χ0) is 14.4. The smallest absolute Gasteiger partial charge is 0.253 e. The van der Waals surface area contributed by atoms with Gasteiger partial charge in [-0.05, 0) is 24.1 Å². The maximum absolute atomic E-state index is 11.9. The third-order valence-electron chi connectivity index (χ3n) is 2.70. The van der Waals surface area contributed by atoms with E-state index < -0.39 is 0 Å². The van der Waals surface area contributed by atoms with Gasteiger partial charge in [0.1, 0.15) is 0 Å². The molecule has 0 heterocycles. The van der Waals surface area contributed by atoms with Crippen molar-refractivity contribution in [1.82, 2.24) is 10.2 Å². The van der Waals surface area contributed by atoms with E-state index in [1.54, 1.807) is 38.4 Å². The summed E-state index contributed by atoms with van der Waals surface area (Å²) in [6, 6.07) is 6.59. The highest BCUT2D eigenvalue weighted by Crippen LogP contribution is 2.07. The van der Waals surface area contributed by atoms with E-state index in [4.69, 9.17) is 5.11 Å². The molecule has 0 spiro atoms. The molecular formula is C14H20N2O3. The Hall–Kier alpha value is -1.88. The lowest BCUT2D eigenvalue weighted by Gasteiger charge is -2.12. The summed E-state index contributed by atoms with van der Waals surface area (Å²) in [5.74, 6) is -0.373. The van der Waals surface area contributed by atoms with Crippen LogP contribution in [-0.4, -0.2) is 49.1 Å². The molecule has 0 aliphatic heterocycles. The van der Waals surface area contributed by atoms with Crippen LogP contribution in [0.15, 0.2) is 24.3 Å². The van der Waals surface area contributed by atoms with E-state index in [0.29, 0.717) is 17.7 Å². The largest absolute Gasteiger partial charge is 0.396 e. The quantitative estimate of drug-likeness (QED) is 0.824. The number of hydrogen-bond acceptors (Lipinski definition) is 3. The van der Waals surface area contributed by atoms with Crippen LogP contribution in [0.25, 0.3) is 0 Å². The molecule has 0 aliphatic carbocycles. The van der Waals surface area contributed by atoms with E-state index in [-0.39, 0.29) is 24.3 Å². The second kappa shape index (κ2) is 6.89. The maximum atomic E-state index is 11.9. The van der Waals surface area contributed by atoms with E-state index in [1.807, 2.05) is 6.92 Å².